The lowest BCUT2D eigenvalue weighted by Crippen LogP contribution is -2.19. The van der Waals surface area contributed by atoms with Gasteiger partial charge in [-0.25, -0.2) is 4.79 Å². The van der Waals surface area contributed by atoms with Crippen molar-refractivity contribution >= 4 is 33.9 Å². The number of anilines is 3. The molecule has 0 saturated heterocycles. The number of benzene rings is 1. The van der Waals surface area contributed by atoms with Crippen molar-refractivity contribution in [3.8, 4) is 0 Å². The summed E-state index contributed by atoms with van der Waals surface area (Å²) >= 11 is 1.31. The molecule has 0 atom stereocenters. The smallest absolute Gasteiger partial charge is 0.325 e. The van der Waals surface area contributed by atoms with Crippen molar-refractivity contribution in [3.63, 3.8) is 0 Å². The van der Waals surface area contributed by atoms with Gasteiger partial charge in [0.15, 0.2) is 0 Å². The highest BCUT2D eigenvalue weighted by Crippen LogP contribution is 2.15. The van der Waals surface area contributed by atoms with Gasteiger partial charge in [0.1, 0.15) is 5.01 Å². The SMILES string of the molecule is Cc1nnc(NC(=O)Nc2ccc(N)cc2)s1. The summed E-state index contributed by atoms with van der Waals surface area (Å²) in [6.07, 6.45) is 0. The summed E-state index contributed by atoms with van der Waals surface area (Å²) in [6.45, 7) is 1.82. The van der Waals surface area contributed by atoms with Gasteiger partial charge in [0.25, 0.3) is 0 Å². The van der Waals surface area contributed by atoms with Gasteiger partial charge in [-0.15, -0.1) is 10.2 Å². The number of hydrogen-bond acceptors (Lipinski definition) is 5. The van der Waals surface area contributed by atoms with Crippen LogP contribution in [0.1, 0.15) is 5.01 Å². The Bertz CT molecular complexity index is 522. The summed E-state index contributed by atoms with van der Waals surface area (Å²) in [5, 5.41) is 14.1. The van der Waals surface area contributed by atoms with E-state index in [9.17, 15) is 4.79 Å². The number of carbonyl (C=O) groups is 1. The molecule has 0 saturated carbocycles. The van der Waals surface area contributed by atoms with Crippen molar-refractivity contribution in [1.29, 1.82) is 0 Å². The third kappa shape index (κ3) is 3.15. The highest BCUT2D eigenvalue weighted by molar-refractivity contribution is 7.15. The number of nitrogens with one attached hydrogen (secondary N) is 2. The predicted molar refractivity (Wildman–Crippen MR) is 68.1 cm³/mol. The molecule has 0 aliphatic carbocycles. The van der Waals surface area contributed by atoms with Crippen LogP contribution in [-0.4, -0.2) is 16.2 Å². The van der Waals surface area contributed by atoms with Gasteiger partial charge in [-0.2, -0.15) is 0 Å². The topological polar surface area (TPSA) is 92.9 Å². The molecule has 0 unspecified atom stereocenters. The van der Waals surface area contributed by atoms with Gasteiger partial charge < -0.3 is 11.1 Å². The van der Waals surface area contributed by atoms with Crippen LogP contribution in [0.15, 0.2) is 24.3 Å². The monoisotopic (exact) mass is 249 g/mol. The van der Waals surface area contributed by atoms with Gasteiger partial charge in [-0.1, -0.05) is 11.3 Å². The fraction of sp³-hybridized carbons (Fsp3) is 0.100. The van der Waals surface area contributed by atoms with E-state index in [1.54, 1.807) is 24.3 Å². The van der Waals surface area contributed by atoms with Crippen LogP contribution in [0.4, 0.5) is 21.3 Å². The van der Waals surface area contributed by atoms with E-state index in [2.05, 4.69) is 20.8 Å². The maximum atomic E-state index is 11.6. The van der Waals surface area contributed by atoms with E-state index in [-0.39, 0.29) is 6.03 Å². The molecule has 0 radical (unpaired) electrons. The number of carbonyl (C=O) groups excluding carboxylic acids is 1. The third-order valence-corrected chi connectivity index (χ3v) is 2.67. The minimum atomic E-state index is -0.356. The molecule has 0 fully saturated rings. The Morgan fingerprint density at radius 3 is 2.53 bits per heavy atom. The van der Waals surface area contributed by atoms with E-state index < -0.39 is 0 Å². The number of rotatable bonds is 2. The summed E-state index contributed by atoms with van der Waals surface area (Å²) in [5.41, 5.74) is 6.85. The fourth-order valence-electron chi connectivity index (χ4n) is 1.17. The van der Waals surface area contributed by atoms with E-state index in [1.165, 1.54) is 11.3 Å². The van der Waals surface area contributed by atoms with Gasteiger partial charge in [-0.05, 0) is 31.2 Å². The van der Waals surface area contributed by atoms with Crippen LogP contribution in [0.25, 0.3) is 0 Å². The Labute approximate surface area is 102 Å². The Hall–Kier alpha value is -2.15. The van der Waals surface area contributed by atoms with Gasteiger partial charge in [0.05, 0.1) is 0 Å². The van der Waals surface area contributed by atoms with E-state index >= 15 is 0 Å². The lowest BCUT2D eigenvalue weighted by atomic mass is 10.3. The first-order valence-corrected chi connectivity index (χ1v) is 5.69. The molecule has 0 aliphatic rings. The lowest BCUT2D eigenvalue weighted by molar-refractivity contribution is 0.262. The fourth-order valence-corrected chi connectivity index (χ4v) is 1.76. The summed E-state index contributed by atoms with van der Waals surface area (Å²) in [7, 11) is 0. The van der Waals surface area contributed by atoms with E-state index in [0.29, 0.717) is 16.5 Å². The Kier molecular flexibility index (Phi) is 3.20. The zero-order chi connectivity index (χ0) is 12.3. The maximum Gasteiger partial charge on any atom is 0.325 e. The largest absolute Gasteiger partial charge is 0.399 e. The van der Waals surface area contributed by atoms with E-state index in [4.69, 9.17) is 5.73 Å². The van der Waals surface area contributed by atoms with Gasteiger partial charge >= 0.3 is 6.03 Å². The Morgan fingerprint density at radius 1 is 1.24 bits per heavy atom. The second-order valence-corrected chi connectivity index (χ2v) is 4.51. The first kappa shape index (κ1) is 11.3. The van der Waals surface area contributed by atoms with Crippen molar-refractivity contribution in [3.05, 3.63) is 29.3 Å². The highest BCUT2D eigenvalue weighted by Gasteiger charge is 2.05. The first-order valence-electron chi connectivity index (χ1n) is 4.87. The van der Waals surface area contributed by atoms with Crippen LogP contribution in [0, 0.1) is 6.92 Å². The number of nitrogens with zero attached hydrogens (tertiary/aromatic N) is 2. The molecular formula is C10H11N5OS. The molecule has 7 heteroatoms. The molecule has 0 bridgehead atoms. The number of urea groups is 1. The second kappa shape index (κ2) is 4.79. The average Bonchev–Trinajstić information content (AvgIpc) is 2.67. The molecule has 1 aromatic carbocycles. The molecule has 4 N–H and O–H groups in total. The molecule has 1 aromatic heterocycles. The average molecular weight is 249 g/mol. The molecule has 88 valence electrons. The van der Waals surface area contributed by atoms with E-state index in [0.717, 1.165) is 5.01 Å². The number of aryl methyl sites for hydroxylation is 1. The van der Waals surface area contributed by atoms with Crippen LogP contribution in [0.5, 0.6) is 0 Å². The number of nitrogens with two attached hydrogens (primary N) is 1. The molecule has 6 nitrogen and oxygen atoms in total. The quantitative estimate of drug-likeness (QED) is 0.710. The van der Waals surface area contributed by atoms with Crippen molar-refractivity contribution in [2.24, 2.45) is 0 Å². The molecule has 1 heterocycles. The number of nitrogen functional groups attached to an aromatic ring is 1. The van der Waals surface area contributed by atoms with E-state index in [1.807, 2.05) is 6.92 Å². The van der Waals surface area contributed by atoms with Crippen molar-refractivity contribution in [2.75, 3.05) is 16.4 Å². The Morgan fingerprint density at radius 2 is 1.94 bits per heavy atom. The number of hydrogen-bond donors (Lipinski definition) is 3. The zero-order valence-electron chi connectivity index (χ0n) is 9.10. The highest BCUT2D eigenvalue weighted by atomic mass is 32.1. The summed E-state index contributed by atoms with van der Waals surface area (Å²) in [5.74, 6) is 0. The standard InChI is InChI=1S/C10H11N5OS/c1-6-14-15-10(17-6)13-9(16)12-8-4-2-7(11)3-5-8/h2-5H,11H2,1H3,(H2,12,13,15,16). The number of amides is 2. The summed E-state index contributed by atoms with van der Waals surface area (Å²) in [6, 6.07) is 6.52. The van der Waals surface area contributed by atoms with Crippen molar-refractivity contribution in [1.82, 2.24) is 10.2 Å². The number of aromatic nitrogens is 2. The minimum Gasteiger partial charge on any atom is -0.399 e. The van der Waals surface area contributed by atoms with Crippen LogP contribution < -0.4 is 16.4 Å². The maximum absolute atomic E-state index is 11.6. The lowest BCUT2D eigenvalue weighted by Gasteiger charge is -2.04. The van der Waals surface area contributed by atoms with Crippen molar-refractivity contribution in [2.45, 2.75) is 6.92 Å². The molecule has 2 aromatic rings. The molecule has 2 amide bonds. The molecule has 17 heavy (non-hydrogen) atoms. The van der Waals surface area contributed by atoms with Gasteiger partial charge in [0.2, 0.25) is 5.13 Å². The van der Waals surface area contributed by atoms with Crippen LogP contribution in [0.3, 0.4) is 0 Å². The summed E-state index contributed by atoms with van der Waals surface area (Å²) in [4.78, 5) is 11.6. The Balaban J connectivity index is 1.95. The van der Waals surface area contributed by atoms with Crippen LogP contribution >= 0.6 is 11.3 Å². The molecule has 0 aliphatic heterocycles. The zero-order valence-corrected chi connectivity index (χ0v) is 9.91. The third-order valence-electron chi connectivity index (χ3n) is 1.92. The van der Waals surface area contributed by atoms with Gasteiger partial charge in [-0.3, -0.25) is 5.32 Å². The molecule has 2 rings (SSSR count). The van der Waals surface area contributed by atoms with Crippen molar-refractivity contribution < 1.29 is 4.79 Å². The van der Waals surface area contributed by atoms with Gasteiger partial charge in [0, 0.05) is 11.4 Å². The molecule has 0 spiro atoms. The van der Waals surface area contributed by atoms with Crippen LogP contribution in [-0.2, 0) is 0 Å². The summed E-state index contributed by atoms with van der Waals surface area (Å²) < 4.78 is 0. The molecular weight excluding hydrogens is 238 g/mol. The van der Waals surface area contributed by atoms with Crippen LogP contribution in [0.2, 0.25) is 0 Å². The minimum absolute atomic E-state index is 0.356. The normalized spacial score (nSPS) is 9.94. The second-order valence-electron chi connectivity index (χ2n) is 3.33. The first-order chi connectivity index (χ1) is 8.13. The predicted octanol–water partition coefficient (Wildman–Crippen LogP) is 2.07.